The summed E-state index contributed by atoms with van der Waals surface area (Å²) in [6.45, 7) is 1.69. The minimum absolute atomic E-state index is 0.0460. The van der Waals surface area contributed by atoms with Crippen molar-refractivity contribution in [3.8, 4) is 0 Å². The van der Waals surface area contributed by atoms with Crippen LogP contribution in [0, 0.1) is 0 Å². The number of fused-ring (bicyclic) bond motifs is 3. The minimum Gasteiger partial charge on any atom is -0.376 e. The van der Waals surface area contributed by atoms with Gasteiger partial charge in [-0.2, -0.15) is 0 Å². The van der Waals surface area contributed by atoms with Gasteiger partial charge in [-0.15, -0.1) is 0 Å². The van der Waals surface area contributed by atoms with E-state index in [4.69, 9.17) is 4.74 Å². The molecule has 3 heterocycles. The number of rotatable bonds is 9. The standard InChI is InChI=1S/C27H29N5O4S/c33-23(28-13-12-18-7-2-1-3-8-18)15-22-26(35)32-25(30-22)20-10-4-5-11-21(20)31-27(32)37-17-24(34)29-16-19-9-6-14-36-19/h1-5,7-8,10-11,19,22H,6,9,12-17H2,(H,28,33)(H,29,34)/t19-,22+/m1/s1. The molecule has 0 saturated carbocycles. The summed E-state index contributed by atoms with van der Waals surface area (Å²) in [6.07, 6.45) is 2.68. The zero-order valence-corrected chi connectivity index (χ0v) is 21.2. The molecule has 3 aliphatic heterocycles. The van der Waals surface area contributed by atoms with Crippen molar-refractivity contribution in [3.05, 3.63) is 65.7 Å². The fraction of sp³-hybridized carbons (Fsp3) is 0.370. The van der Waals surface area contributed by atoms with Gasteiger partial charge in [0.2, 0.25) is 11.8 Å². The van der Waals surface area contributed by atoms with Crippen molar-refractivity contribution in [1.29, 1.82) is 0 Å². The Hall–Kier alpha value is -3.50. The van der Waals surface area contributed by atoms with Crippen LogP contribution in [0.25, 0.3) is 0 Å². The van der Waals surface area contributed by atoms with Gasteiger partial charge in [0.25, 0.3) is 5.91 Å². The molecule has 10 heteroatoms. The van der Waals surface area contributed by atoms with Crippen LogP contribution in [-0.2, 0) is 25.5 Å². The van der Waals surface area contributed by atoms with Crippen LogP contribution in [0.2, 0.25) is 0 Å². The lowest BCUT2D eigenvalue weighted by Gasteiger charge is -2.25. The molecule has 1 fully saturated rings. The highest BCUT2D eigenvalue weighted by atomic mass is 32.2. The molecule has 2 aromatic rings. The van der Waals surface area contributed by atoms with Crippen LogP contribution in [0.3, 0.4) is 0 Å². The van der Waals surface area contributed by atoms with E-state index in [-0.39, 0.29) is 36.0 Å². The Kier molecular flexibility index (Phi) is 7.96. The lowest BCUT2D eigenvalue weighted by molar-refractivity contribution is -0.128. The molecule has 192 valence electrons. The predicted octanol–water partition coefficient (Wildman–Crippen LogP) is 2.42. The molecule has 2 atom stereocenters. The molecule has 0 unspecified atom stereocenters. The molecule has 37 heavy (non-hydrogen) atoms. The van der Waals surface area contributed by atoms with Crippen LogP contribution < -0.4 is 10.6 Å². The Labute approximate surface area is 219 Å². The van der Waals surface area contributed by atoms with Crippen LogP contribution in [0.5, 0.6) is 0 Å². The van der Waals surface area contributed by atoms with E-state index in [1.807, 2.05) is 54.6 Å². The van der Waals surface area contributed by atoms with E-state index in [0.29, 0.717) is 36.2 Å². The Bertz CT molecular complexity index is 1230. The molecule has 2 N–H and O–H groups in total. The number of hydrogen-bond acceptors (Lipinski definition) is 7. The van der Waals surface area contributed by atoms with Gasteiger partial charge in [0.05, 0.1) is 24.0 Å². The number of amidine groups is 2. The number of aliphatic imine (C=N–C) groups is 2. The van der Waals surface area contributed by atoms with Crippen LogP contribution in [-0.4, -0.2) is 71.2 Å². The summed E-state index contributed by atoms with van der Waals surface area (Å²) in [7, 11) is 0. The summed E-state index contributed by atoms with van der Waals surface area (Å²) in [5.41, 5.74) is 2.54. The summed E-state index contributed by atoms with van der Waals surface area (Å²) in [5.74, 6) is -0.114. The fourth-order valence-corrected chi connectivity index (χ4v) is 5.32. The third-order valence-electron chi connectivity index (χ3n) is 6.39. The Morgan fingerprint density at radius 3 is 2.68 bits per heavy atom. The van der Waals surface area contributed by atoms with E-state index in [1.165, 1.54) is 16.7 Å². The number of amides is 3. The molecule has 3 amide bonds. The molecule has 3 aliphatic rings. The third-order valence-corrected chi connectivity index (χ3v) is 7.33. The second kappa shape index (κ2) is 11.7. The average molecular weight is 520 g/mol. The van der Waals surface area contributed by atoms with Crippen LogP contribution in [0.4, 0.5) is 5.69 Å². The highest BCUT2D eigenvalue weighted by Gasteiger charge is 2.42. The molecule has 0 spiro atoms. The van der Waals surface area contributed by atoms with Crippen molar-refractivity contribution in [3.63, 3.8) is 0 Å². The highest BCUT2D eigenvalue weighted by molar-refractivity contribution is 8.14. The number of hydrogen-bond donors (Lipinski definition) is 2. The number of ether oxygens (including phenoxy) is 1. The monoisotopic (exact) mass is 519 g/mol. The largest absolute Gasteiger partial charge is 0.376 e. The summed E-state index contributed by atoms with van der Waals surface area (Å²) in [6, 6.07) is 16.5. The summed E-state index contributed by atoms with van der Waals surface area (Å²) in [5, 5.41) is 6.17. The van der Waals surface area contributed by atoms with E-state index in [0.717, 1.165) is 30.6 Å². The van der Waals surface area contributed by atoms with Gasteiger partial charge in [-0.3, -0.25) is 19.4 Å². The molecular weight excluding hydrogens is 490 g/mol. The number of nitrogens with one attached hydrogen (secondary N) is 2. The molecule has 9 nitrogen and oxygen atoms in total. The first-order valence-electron chi connectivity index (χ1n) is 12.5. The summed E-state index contributed by atoms with van der Waals surface area (Å²) >= 11 is 1.19. The lowest BCUT2D eigenvalue weighted by atomic mass is 10.1. The van der Waals surface area contributed by atoms with Gasteiger partial charge < -0.3 is 15.4 Å². The maximum Gasteiger partial charge on any atom is 0.259 e. The quantitative estimate of drug-likeness (QED) is 0.529. The van der Waals surface area contributed by atoms with Crippen molar-refractivity contribution < 1.29 is 19.1 Å². The molecule has 0 bridgehead atoms. The zero-order valence-electron chi connectivity index (χ0n) is 20.4. The number of carbonyl (C=O) groups is 3. The molecular formula is C27H29N5O4S. The van der Waals surface area contributed by atoms with E-state index >= 15 is 0 Å². The van der Waals surface area contributed by atoms with E-state index in [1.54, 1.807) is 0 Å². The topological polar surface area (TPSA) is 112 Å². The molecule has 0 radical (unpaired) electrons. The number of nitrogens with zero attached hydrogens (tertiary/aromatic N) is 3. The Balaban J connectivity index is 1.21. The van der Waals surface area contributed by atoms with E-state index in [2.05, 4.69) is 20.6 Å². The second-order valence-corrected chi connectivity index (χ2v) is 10.0. The molecule has 1 saturated heterocycles. The SMILES string of the molecule is O=C(CSC1=Nc2ccccc2C2=N[C@@H](CC(=O)NCCc3ccccc3)C(=O)N12)NC[C@H]1CCCO1. The first-order chi connectivity index (χ1) is 18.1. The van der Waals surface area contributed by atoms with Crippen molar-refractivity contribution in [1.82, 2.24) is 15.5 Å². The van der Waals surface area contributed by atoms with Crippen LogP contribution in [0.1, 0.15) is 30.4 Å². The van der Waals surface area contributed by atoms with Gasteiger partial charge in [0.1, 0.15) is 11.9 Å². The molecule has 0 aromatic heterocycles. The van der Waals surface area contributed by atoms with Crippen molar-refractivity contribution in [2.75, 3.05) is 25.4 Å². The van der Waals surface area contributed by atoms with Gasteiger partial charge >= 0.3 is 0 Å². The van der Waals surface area contributed by atoms with Crippen molar-refractivity contribution >= 4 is 46.2 Å². The second-order valence-electron chi connectivity index (χ2n) is 9.07. The van der Waals surface area contributed by atoms with Gasteiger partial charge in [-0.25, -0.2) is 9.89 Å². The fourth-order valence-electron chi connectivity index (χ4n) is 4.48. The molecule has 0 aliphatic carbocycles. The van der Waals surface area contributed by atoms with Crippen LogP contribution in [0.15, 0.2) is 64.6 Å². The maximum absolute atomic E-state index is 13.4. The first-order valence-corrected chi connectivity index (χ1v) is 13.5. The number of carbonyl (C=O) groups excluding carboxylic acids is 3. The van der Waals surface area contributed by atoms with Crippen LogP contribution >= 0.6 is 11.8 Å². The van der Waals surface area contributed by atoms with Gasteiger partial charge in [-0.05, 0) is 37.0 Å². The normalized spacial score (nSPS) is 20.1. The van der Waals surface area contributed by atoms with Crippen molar-refractivity contribution in [2.45, 2.75) is 37.8 Å². The third kappa shape index (κ3) is 6.08. The van der Waals surface area contributed by atoms with Gasteiger partial charge in [0.15, 0.2) is 5.17 Å². The highest BCUT2D eigenvalue weighted by Crippen LogP contribution is 2.34. The molecule has 2 aromatic carbocycles. The Morgan fingerprint density at radius 2 is 1.86 bits per heavy atom. The van der Waals surface area contributed by atoms with Gasteiger partial charge in [-0.1, -0.05) is 54.2 Å². The number of para-hydroxylation sites is 1. The maximum atomic E-state index is 13.4. The predicted molar refractivity (Wildman–Crippen MR) is 143 cm³/mol. The lowest BCUT2D eigenvalue weighted by Crippen LogP contribution is -2.42. The Morgan fingerprint density at radius 1 is 1.05 bits per heavy atom. The van der Waals surface area contributed by atoms with E-state index < -0.39 is 6.04 Å². The number of thioether (sulfide) groups is 1. The minimum atomic E-state index is -0.836. The smallest absolute Gasteiger partial charge is 0.259 e. The van der Waals surface area contributed by atoms with Gasteiger partial charge in [0, 0.05) is 25.3 Å². The average Bonchev–Trinajstić information content (AvgIpc) is 3.55. The summed E-state index contributed by atoms with van der Waals surface area (Å²) < 4.78 is 5.55. The molecule has 5 rings (SSSR count). The number of benzene rings is 2. The first kappa shape index (κ1) is 25.2. The summed E-state index contributed by atoms with van der Waals surface area (Å²) in [4.78, 5) is 49.1. The van der Waals surface area contributed by atoms with Crippen molar-refractivity contribution in [2.24, 2.45) is 9.98 Å². The van der Waals surface area contributed by atoms with E-state index in [9.17, 15) is 14.4 Å². The zero-order chi connectivity index (χ0) is 25.6.